The maximum atomic E-state index is 10.8. The van der Waals surface area contributed by atoms with E-state index in [1.165, 1.54) is 6.07 Å². The van der Waals surface area contributed by atoms with E-state index in [2.05, 4.69) is 15.9 Å². The summed E-state index contributed by atoms with van der Waals surface area (Å²) in [5, 5.41) is 17.6. The van der Waals surface area contributed by atoms with E-state index in [0.717, 1.165) is 0 Å². The number of carboxylic acid groups (broad SMARTS) is 1. The molecule has 0 aromatic heterocycles. The maximum Gasteiger partial charge on any atom is 0.337 e. The van der Waals surface area contributed by atoms with E-state index in [9.17, 15) is 4.79 Å². The minimum Gasteiger partial charge on any atom is -0.478 e. The Labute approximate surface area is 89.1 Å². The van der Waals surface area contributed by atoms with Crippen molar-refractivity contribution in [1.29, 1.82) is 5.26 Å². The van der Waals surface area contributed by atoms with Crippen LogP contribution in [0.4, 0.5) is 0 Å². The molecule has 0 heterocycles. The Morgan fingerprint density at radius 1 is 1.64 bits per heavy atom. The van der Waals surface area contributed by atoms with Crippen molar-refractivity contribution in [3.8, 4) is 6.07 Å². The van der Waals surface area contributed by atoms with Gasteiger partial charge in [-0.05, 0) is 33.6 Å². The second-order valence-corrected chi connectivity index (χ2v) is 3.48. The van der Waals surface area contributed by atoms with Gasteiger partial charge in [-0.25, -0.2) is 4.79 Å². The van der Waals surface area contributed by atoms with Crippen LogP contribution in [0.25, 0.3) is 0 Å². The van der Waals surface area contributed by atoms with Gasteiger partial charge in [0.1, 0.15) is 6.07 Å². The zero-order valence-corrected chi connectivity index (χ0v) is 8.71. The van der Waals surface area contributed by atoms with E-state index in [-0.39, 0.29) is 17.7 Å². The fourth-order valence-electron chi connectivity index (χ4n) is 1.06. The number of rotatable bonds is 2. The number of nitrogens with zero attached hydrogens (tertiary/aromatic N) is 1. The van der Waals surface area contributed by atoms with Crippen LogP contribution in [0.5, 0.6) is 0 Å². The summed E-state index contributed by atoms with van der Waals surface area (Å²) in [7, 11) is 0. The minimum absolute atomic E-state index is 0.0256. The number of nitrogens with two attached hydrogens (primary N) is 1. The van der Waals surface area contributed by atoms with Crippen LogP contribution in [0.15, 0.2) is 16.6 Å². The molecule has 4 nitrogen and oxygen atoms in total. The predicted molar refractivity (Wildman–Crippen MR) is 53.7 cm³/mol. The number of aromatic carboxylic acids is 1. The first kappa shape index (κ1) is 10.7. The zero-order chi connectivity index (χ0) is 10.7. The molecule has 0 unspecified atom stereocenters. The second kappa shape index (κ2) is 4.22. The van der Waals surface area contributed by atoms with Crippen molar-refractivity contribution >= 4 is 21.9 Å². The van der Waals surface area contributed by atoms with Crippen LogP contribution in [0, 0.1) is 11.3 Å². The quantitative estimate of drug-likeness (QED) is 0.837. The molecule has 0 amide bonds. The summed E-state index contributed by atoms with van der Waals surface area (Å²) in [5.74, 6) is -1.13. The Bertz CT molecular complexity index is 424. The Hall–Kier alpha value is -1.38. The Balaban J connectivity index is 3.45. The van der Waals surface area contributed by atoms with Crippen LogP contribution in [-0.4, -0.2) is 11.1 Å². The second-order valence-electron chi connectivity index (χ2n) is 2.62. The highest BCUT2D eigenvalue weighted by Crippen LogP contribution is 2.22. The molecule has 0 radical (unpaired) electrons. The van der Waals surface area contributed by atoms with E-state index in [4.69, 9.17) is 16.1 Å². The van der Waals surface area contributed by atoms with Gasteiger partial charge in [-0.2, -0.15) is 5.26 Å². The van der Waals surface area contributed by atoms with Gasteiger partial charge in [0.05, 0.1) is 11.1 Å². The molecule has 0 spiro atoms. The number of halogens is 1. The van der Waals surface area contributed by atoms with Crippen LogP contribution >= 0.6 is 15.9 Å². The van der Waals surface area contributed by atoms with Gasteiger partial charge in [-0.1, -0.05) is 0 Å². The third-order valence-corrected chi connectivity index (χ3v) is 2.35. The first-order valence-corrected chi connectivity index (χ1v) is 4.55. The Morgan fingerprint density at radius 2 is 2.29 bits per heavy atom. The van der Waals surface area contributed by atoms with Crippen molar-refractivity contribution in [2.45, 2.75) is 6.54 Å². The predicted octanol–water partition coefficient (Wildman–Crippen LogP) is 1.48. The summed E-state index contributed by atoms with van der Waals surface area (Å²) < 4.78 is 0.459. The lowest BCUT2D eigenvalue weighted by molar-refractivity contribution is 0.0696. The molecule has 1 aromatic rings. The van der Waals surface area contributed by atoms with Crippen molar-refractivity contribution in [2.75, 3.05) is 0 Å². The van der Waals surface area contributed by atoms with E-state index in [0.29, 0.717) is 10.0 Å². The van der Waals surface area contributed by atoms with Gasteiger partial charge in [0.2, 0.25) is 0 Å². The standard InChI is InChI=1S/C9H7BrN2O2/c10-8-2-5(3-11)1-6(9(13)14)7(8)4-12/h1-2H,3,11H2,(H,13,14). The summed E-state index contributed by atoms with van der Waals surface area (Å²) in [4.78, 5) is 10.8. The molecule has 0 fully saturated rings. The summed E-state index contributed by atoms with van der Waals surface area (Å²) in [6, 6.07) is 4.88. The van der Waals surface area contributed by atoms with Crippen molar-refractivity contribution in [3.05, 3.63) is 33.3 Å². The molecule has 0 aliphatic rings. The van der Waals surface area contributed by atoms with Gasteiger partial charge >= 0.3 is 5.97 Å². The molecule has 0 atom stereocenters. The molecule has 0 aliphatic heterocycles. The number of hydrogen-bond donors (Lipinski definition) is 2. The topological polar surface area (TPSA) is 87.1 Å². The third-order valence-electron chi connectivity index (χ3n) is 1.73. The SMILES string of the molecule is N#Cc1c(Br)cc(CN)cc1C(=O)O. The van der Waals surface area contributed by atoms with Crippen LogP contribution in [0.1, 0.15) is 21.5 Å². The molecular formula is C9H7BrN2O2. The molecule has 1 rings (SSSR count). The van der Waals surface area contributed by atoms with Gasteiger partial charge in [0.25, 0.3) is 0 Å². The molecule has 0 bridgehead atoms. The van der Waals surface area contributed by atoms with Gasteiger partial charge in [0, 0.05) is 11.0 Å². The first-order valence-electron chi connectivity index (χ1n) is 3.76. The van der Waals surface area contributed by atoms with E-state index < -0.39 is 5.97 Å². The first-order chi connectivity index (χ1) is 6.60. The summed E-state index contributed by atoms with van der Waals surface area (Å²) in [6.45, 7) is 0.241. The lowest BCUT2D eigenvalue weighted by Gasteiger charge is -2.04. The molecule has 0 saturated carbocycles. The van der Waals surface area contributed by atoms with Gasteiger partial charge in [-0.15, -0.1) is 0 Å². The van der Waals surface area contributed by atoms with E-state index >= 15 is 0 Å². The lowest BCUT2D eigenvalue weighted by Crippen LogP contribution is -2.05. The number of carbonyl (C=O) groups is 1. The van der Waals surface area contributed by atoms with Crippen LogP contribution in [0.3, 0.4) is 0 Å². The van der Waals surface area contributed by atoms with Crippen LogP contribution in [-0.2, 0) is 6.54 Å². The summed E-state index contributed by atoms with van der Waals surface area (Å²) >= 11 is 3.13. The largest absolute Gasteiger partial charge is 0.478 e. The van der Waals surface area contributed by atoms with Gasteiger partial charge in [0.15, 0.2) is 0 Å². The van der Waals surface area contributed by atoms with Crippen LogP contribution in [0.2, 0.25) is 0 Å². The molecule has 14 heavy (non-hydrogen) atoms. The molecule has 5 heteroatoms. The Morgan fingerprint density at radius 3 is 2.71 bits per heavy atom. The average Bonchev–Trinajstić information content (AvgIpc) is 2.16. The van der Waals surface area contributed by atoms with Crippen LogP contribution < -0.4 is 5.73 Å². The van der Waals surface area contributed by atoms with Crippen molar-refractivity contribution in [2.24, 2.45) is 5.73 Å². The molecule has 72 valence electrons. The molecule has 3 N–H and O–H groups in total. The number of carboxylic acids is 1. The molecular weight excluding hydrogens is 248 g/mol. The smallest absolute Gasteiger partial charge is 0.337 e. The van der Waals surface area contributed by atoms with Gasteiger partial charge < -0.3 is 10.8 Å². The maximum absolute atomic E-state index is 10.8. The van der Waals surface area contributed by atoms with E-state index in [1.807, 2.05) is 6.07 Å². The summed E-state index contributed by atoms with van der Waals surface area (Å²) in [5.41, 5.74) is 6.15. The normalized spacial score (nSPS) is 9.50. The average molecular weight is 255 g/mol. The monoisotopic (exact) mass is 254 g/mol. The number of nitriles is 1. The van der Waals surface area contributed by atoms with Crippen molar-refractivity contribution < 1.29 is 9.90 Å². The third kappa shape index (κ3) is 1.92. The highest BCUT2D eigenvalue weighted by atomic mass is 79.9. The molecule has 0 aliphatic carbocycles. The zero-order valence-electron chi connectivity index (χ0n) is 7.12. The molecule has 1 aromatic carbocycles. The van der Waals surface area contributed by atoms with Crippen molar-refractivity contribution in [3.63, 3.8) is 0 Å². The fraction of sp³-hybridized carbons (Fsp3) is 0.111. The van der Waals surface area contributed by atoms with E-state index in [1.54, 1.807) is 6.07 Å². The highest BCUT2D eigenvalue weighted by molar-refractivity contribution is 9.10. The fourth-order valence-corrected chi connectivity index (χ4v) is 1.66. The lowest BCUT2D eigenvalue weighted by atomic mass is 10.0. The number of hydrogen-bond acceptors (Lipinski definition) is 3. The highest BCUT2D eigenvalue weighted by Gasteiger charge is 2.14. The summed E-state index contributed by atoms with van der Waals surface area (Å²) in [6.07, 6.45) is 0. The van der Waals surface area contributed by atoms with Crippen molar-refractivity contribution in [1.82, 2.24) is 0 Å². The van der Waals surface area contributed by atoms with Gasteiger partial charge in [-0.3, -0.25) is 0 Å². The Kier molecular flexibility index (Phi) is 3.23. The number of benzene rings is 1. The molecule has 0 saturated heterocycles. The minimum atomic E-state index is -1.13.